The Labute approximate surface area is 176 Å². The first-order chi connectivity index (χ1) is 14.0. The molecule has 2 aromatic rings. The van der Waals surface area contributed by atoms with E-state index in [2.05, 4.69) is 13.0 Å². The van der Waals surface area contributed by atoms with E-state index in [0.717, 1.165) is 22.6 Å². The Morgan fingerprint density at radius 2 is 1.83 bits per heavy atom. The summed E-state index contributed by atoms with van der Waals surface area (Å²) in [5.74, 6) is 1.39. The van der Waals surface area contributed by atoms with Crippen molar-refractivity contribution in [2.24, 2.45) is 0 Å². The van der Waals surface area contributed by atoms with Crippen LogP contribution in [0, 0.1) is 6.92 Å². The van der Waals surface area contributed by atoms with Crippen molar-refractivity contribution in [3.63, 3.8) is 0 Å². The smallest absolute Gasteiger partial charge is 0.242 e. The van der Waals surface area contributed by atoms with Gasteiger partial charge >= 0.3 is 0 Å². The van der Waals surface area contributed by atoms with Crippen molar-refractivity contribution in [2.75, 3.05) is 19.9 Å². The second-order valence-electron chi connectivity index (χ2n) is 7.13. The van der Waals surface area contributed by atoms with Gasteiger partial charge in [-0.05, 0) is 48.1 Å². The van der Waals surface area contributed by atoms with Gasteiger partial charge in [0.05, 0.1) is 13.1 Å². The number of rotatable bonds is 9. The summed E-state index contributed by atoms with van der Waals surface area (Å²) in [6.45, 7) is 7.79. The Hall–Kier alpha value is -2.54. The van der Waals surface area contributed by atoms with E-state index in [4.69, 9.17) is 9.47 Å². The Kier molecular flexibility index (Phi) is 7.14. The summed E-state index contributed by atoms with van der Waals surface area (Å²) in [6, 6.07) is 7.81. The first kappa shape index (κ1) is 21.2. The number of fused-ring (bicyclic) bond motifs is 1. The summed E-state index contributed by atoms with van der Waals surface area (Å²) in [7, 11) is 0. The third kappa shape index (κ3) is 5.29. The molecule has 0 N–H and O–H groups in total. The SMILES string of the molecule is CCCN(CC(=O)N(Cc1ccc2c(c1)OCO2)Cc1sccc1C)C(=O)CC. The molecule has 2 heterocycles. The molecule has 0 saturated heterocycles. The fourth-order valence-electron chi connectivity index (χ4n) is 3.28. The van der Waals surface area contributed by atoms with E-state index in [9.17, 15) is 9.59 Å². The van der Waals surface area contributed by atoms with Crippen LogP contribution in [0.25, 0.3) is 0 Å². The van der Waals surface area contributed by atoms with Crippen molar-refractivity contribution in [2.45, 2.75) is 46.7 Å². The van der Waals surface area contributed by atoms with Crippen molar-refractivity contribution < 1.29 is 19.1 Å². The summed E-state index contributed by atoms with van der Waals surface area (Å²) in [6.07, 6.45) is 1.23. The van der Waals surface area contributed by atoms with E-state index in [-0.39, 0.29) is 25.2 Å². The summed E-state index contributed by atoms with van der Waals surface area (Å²) >= 11 is 1.65. The lowest BCUT2D eigenvalue weighted by molar-refractivity contribution is -0.141. The van der Waals surface area contributed by atoms with Gasteiger partial charge in [0.2, 0.25) is 18.6 Å². The predicted octanol–water partition coefficient (Wildman–Crippen LogP) is 3.96. The topological polar surface area (TPSA) is 59.1 Å². The monoisotopic (exact) mass is 416 g/mol. The van der Waals surface area contributed by atoms with Crippen LogP contribution < -0.4 is 9.47 Å². The molecule has 2 amide bonds. The Balaban J connectivity index is 1.79. The third-order valence-corrected chi connectivity index (χ3v) is 5.95. The van der Waals surface area contributed by atoms with E-state index in [0.29, 0.717) is 31.8 Å². The van der Waals surface area contributed by atoms with Crippen LogP contribution in [0.5, 0.6) is 11.5 Å². The molecule has 6 nitrogen and oxygen atoms in total. The highest BCUT2D eigenvalue weighted by Crippen LogP contribution is 2.33. The zero-order valence-electron chi connectivity index (χ0n) is 17.3. The van der Waals surface area contributed by atoms with Crippen molar-refractivity contribution in [1.82, 2.24) is 9.80 Å². The van der Waals surface area contributed by atoms with Gasteiger partial charge in [0.1, 0.15) is 0 Å². The molecule has 3 rings (SSSR count). The number of thiophene rings is 1. The highest BCUT2D eigenvalue weighted by atomic mass is 32.1. The number of ether oxygens (including phenoxy) is 2. The second kappa shape index (κ2) is 9.78. The third-order valence-electron chi connectivity index (χ3n) is 4.94. The molecular weight excluding hydrogens is 388 g/mol. The molecule has 0 radical (unpaired) electrons. The van der Waals surface area contributed by atoms with Crippen LogP contribution in [0.2, 0.25) is 0 Å². The van der Waals surface area contributed by atoms with Crippen LogP contribution in [0.1, 0.15) is 42.7 Å². The van der Waals surface area contributed by atoms with Crippen LogP contribution in [-0.2, 0) is 22.7 Å². The largest absolute Gasteiger partial charge is 0.454 e. The first-order valence-corrected chi connectivity index (χ1v) is 10.9. The Bertz CT molecular complexity index is 864. The Morgan fingerprint density at radius 3 is 2.52 bits per heavy atom. The van der Waals surface area contributed by atoms with Gasteiger partial charge < -0.3 is 19.3 Å². The molecule has 0 bridgehead atoms. The number of hydrogen-bond acceptors (Lipinski definition) is 5. The zero-order valence-corrected chi connectivity index (χ0v) is 18.1. The lowest BCUT2D eigenvalue weighted by Crippen LogP contribution is -2.42. The molecule has 0 atom stereocenters. The average molecular weight is 417 g/mol. The van der Waals surface area contributed by atoms with Crippen LogP contribution in [0.4, 0.5) is 0 Å². The van der Waals surface area contributed by atoms with Crippen molar-refractivity contribution in [1.29, 1.82) is 0 Å². The molecule has 0 unspecified atom stereocenters. The van der Waals surface area contributed by atoms with Crippen LogP contribution in [0.15, 0.2) is 29.6 Å². The fraction of sp³-hybridized carbons (Fsp3) is 0.455. The van der Waals surface area contributed by atoms with Gasteiger partial charge in [-0.25, -0.2) is 0 Å². The highest BCUT2D eigenvalue weighted by molar-refractivity contribution is 7.10. The van der Waals surface area contributed by atoms with Gasteiger partial charge in [-0.2, -0.15) is 0 Å². The number of hydrogen-bond donors (Lipinski definition) is 0. The van der Waals surface area contributed by atoms with Crippen LogP contribution in [0.3, 0.4) is 0 Å². The fourth-order valence-corrected chi connectivity index (χ4v) is 4.20. The molecular formula is C22H28N2O4S. The molecule has 1 aromatic carbocycles. The maximum atomic E-state index is 13.2. The Morgan fingerprint density at radius 1 is 1.03 bits per heavy atom. The van der Waals surface area contributed by atoms with Crippen molar-refractivity contribution in [3.05, 3.63) is 45.6 Å². The summed E-state index contributed by atoms with van der Waals surface area (Å²) in [5, 5.41) is 2.04. The maximum Gasteiger partial charge on any atom is 0.242 e. The number of amides is 2. The number of carbonyl (C=O) groups excluding carboxylic acids is 2. The van der Waals surface area contributed by atoms with Crippen LogP contribution in [-0.4, -0.2) is 41.5 Å². The van der Waals surface area contributed by atoms with Gasteiger partial charge in [-0.3, -0.25) is 9.59 Å². The molecule has 1 aliphatic heterocycles. The summed E-state index contributed by atoms with van der Waals surface area (Å²) < 4.78 is 10.9. The quantitative estimate of drug-likeness (QED) is 0.621. The minimum atomic E-state index is -0.0503. The molecule has 0 aliphatic carbocycles. The minimum Gasteiger partial charge on any atom is -0.454 e. The lowest BCUT2D eigenvalue weighted by Gasteiger charge is -2.27. The van der Waals surface area contributed by atoms with Crippen LogP contribution >= 0.6 is 11.3 Å². The maximum absolute atomic E-state index is 13.2. The highest BCUT2D eigenvalue weighted by Gasteiger charge is 2.22. The zero-order chi connectivity index (χ0) is 20.8. The second-order valence-corrected chi connectivity index (χ2v) is 8.13. The first-order valence-electron chi connectivity index (χ1n) is 9.98. The molecule has 0 fully saturated rings. The molecule has 1 aliphatic rings. The van der Waals surface area contributed by atoms with Gasteiger partial charge in [0.15, 0.2) is 11.5 Å². The normalized spacial score (nSPS) is 12.1. The molecule has 0 spiro atoms. The van der Waals surface area contributed by atoms with Gasteiger partial charge in [-0.1, -0.05) is 19.9 Å². The molecule has 1 aromatic heterocycles. The molecule has 29 heavy (non-hydrogen) atoms. The minimum absolute atomic E-state index is 0.00975. The van der Waals surface area contributed by atoms with Crippen molar-refractivity contribution in [3.8, 4) is 11.5 Å². The van der Waals surface area contributed by atoms with Gasteiger partial charge in [0.25, 0.3) is 0 Å². The number of aryl methyl sites for hydroxylation is 1. The number of nitrogens with zero attached hydrogens (tertiary/aromatic N) is 2. The molecule has 0 saturated carbocycles. The lowest BCUT2D eigenvalue weighted by atomic mass is 10.1. The molecule has 7 heteroatoms. The summed E-state index contributed by atoms with van der Waals surface area (Å²) in [4.78, 5) is 30.1. The van der Waals surface area contributed by atoms with E-state index in [1.165, 1.54) is 5.56 Å². The standard InChI is InChI=1S/C22H28N2O4S/c1-4-9-23(21(25)5-2)14-22(26)24(13-20-16(3)8-10-29-20)12-17-6-7-18-19(11-17)28-15-27-18/h6-8,10-11H,4-5,9,12-15H2,1-3H3. The number of benzene rings is 1. The average Bonchev–Trinajstić information content (AvgIpc) is 3.34. The van der Waals surface area contributed by atoms with E-state index < -0.39 is 0 Å². The summed E-state index contributed by atoms with van der Waals surface area (Å²) in [5.41, 5.74) is 2.15. The van der Waals surface area contributed by atoms with E-state index in [1.54, 1.807) is 16.2 Å². The van der Waals surface area contributed by atoms with Crippen molar-refractivity contribution >= 4 is 23.2 Å². The van der Waals surface area contributed by atoms with Gasteiger partial charge in [0, 0.05) is 24.4 Å². The molecule has 156 valence electrons. The van der Waals surface area contributed by atoms with Gasteiger partial charge in [-0.15, -0.1) is 11.3 Å². The van der Waals surface area contributed by atoms with E-state index in [1.807, 2.05) is 42.3 Å². The number of carbonyl (C=O) groups is 2. The van der Waals surface area contributed by atoms with E-state index >= 15 is 0 Å². The predicted molar refractivity (Wildman–Crippen MR) is 113 cm³/mol.